The molecule has 0 spiro atoms. The first-order valence-electron chi connectivity index (χ1n) is 3.27. The van der Waals surface area contributed by atoms with Crippen LogP contribution in [0, 0.1) is 6.92 Å². The smallest absolute Gasteiger partial charge is 0.315 e. The lowest BCUT2D eigenvalue weighted by molar-refractivity contribution is 0.763. The van der Waals surface area contributed by atoms with Gasteiger partial charge in [-0.25, -0.2) is 4.79 Å². The molecule has 1 rings (SSSR count). The Hall–Kier alpha value is -1.26. The van der Waals surface area contributed by atoms with Gasteiger partial charge in [0.15, 0.2) is 0 Å². The molecule has 0 aromatic carbocycles. The van der Waals surface area contributed by atoms with E-state index in [2.05, 4.69) is 0 Å². The molecule has 4 nitrogen and oxygen atoms in total. The largest absolute Gasteiger partial charge is 0.317 e. The Bertz CT molecular complexity index is 356. The third-order valence-corrected chi connectivity index (χ3v) is 1.62. The Labute approximate surface area is 64.5 Å². The van der Waals surface area contributed by atoms with Gasteiger partial charge >= 0.3 is 5.69 Å². The van der Waals surface area contributed by atoms with Crippen LogP contribution in [-0.4, -0.2) is 17.0 Å². The highest BCUT2D eigenvalue weighted by molar-refractivity contribution is 6.06. The normalized spacial score (nSPS) is 10.0. The first kappa shape index (κ1) is 7.85. The van der Waals surface area contributed by atoms with Crippen molar-refractivity contribution >= 4 is 7.98 Å². The summed E-state index contributed by atoms with van der Waals surface area (Å²) in [4.78, 5) is 22.2. The van der Waals surface area contributed by atoms with E-state index in [1.165, 1.54) is 18.7 Å². The molecule has 0 saturated heterocycles. The van der Waals surface area contributed by atoms with E-state index in [1.54, 1.807) is 14.0 Å². The third-order valence-electron chi connectivity index (χ3n) is 1.62. The predicted molar refractivity (Wildman–Crippen MR) is 44.6 cm³/mol. The van der Waals surface area contributed by atoms with Gasteiger partial charge in [-0.2, -0.15) is 0 Å². The highest BCUT2D eigenvalue weighted by Crippen LogP contribution is 1.79. The van der Waals surface area contributed by atoms with Crippen molar-refractivity contribution in [3.8, 4) is 0 Å². The summed E-state index contributed by atoms with van der Waals surface area (Å²) in [5.74, 6) is 0. The minimum atomic E-state index is -0.291. The van der Waals surface area contributed by atoms with Crippen molar-refractivity contribution in [2.75, 3.05) is 0 Å². The van der Waals surface area contributed by atoms with Crippen molar-refractivity contribution in [2.45, 2.75) is 6.92 Å². The average Bonchev–Trinajstić information content (AvgIpc) is 1.97. The van der Waals surface area contributed by atoms with Gasteiger partial charge < -0.3 is 9.05 Å². The van der Waals surface area contributed by atoms with E-state index in [-0.39, 0.29) is 11.2 Å². The zero-order valence-corrected chi connectivity index (χ0v) is 6.79. The van der Waals surface area contributed by atoms with Gasteiger partial charge in [0.2, 0.25) is 13.5 Å². The zero-order chi connectivity index (χ0) is 8.59. The number of hydrogen-bond donors (Lipinski definition) is 0. The highest BCUT2D eigenvalue weighted by Gasteiger charge is 1.99. The molecule has 0 radical (unpaired) electrons. The van der Waals surface area contributed by atoms with E-state index >= 15 is 0 Å². The zero-order valence-electron chi connectivity index (χ0n) is 6.79. The van der Waals surface area contributed by atoms with E-state index in [0.29, 0.717) is 5.56 Å². The van der Waals surface area contributed by atoms with Gasteiger partial charge in [0, 0.05) is 18.8 Å². The van der Waals surface area contributed by atoms with E-state index in [1.807, 2.05) is 0 Å². The molecular weight excluding hydrogens is 143 g/mol. The molecule has 0 bridgehead atoms. The molecule has 0 N–H and O–H groups in total. The van der Waals surface area contributed by atoms with E-state index in [4.69, 9.17) is 0 Å². The van der Waals surface area contributed by atoms with Crippen molar-refractivity contribution in [3.63, 3.8) is 0 Å². The monoisotopic (exact) mass is 152 g/mol. The van der Waals surface area contributed by atoms with Gasteiger partial charge in [0.1, 0.15) is 0 Å². The molecule has 0 aliphatic heterocycles. The van der Waals surface area contributed by atoms with Crippen molar-refractivity contribution in [2.24, 2.45) is 7.05 Å². The van der Waals surface area contributed by atoms with E-state index < -0.39 is 0 Å². The summed E-state index contributed by atoms with van der Waals surface area (Å²) in [6.45, 7) is 1.68. The Kier molecular flexibility index (Phi) is 1.72. The molecule has 0 saturated carbocycles. The topological polar surface area (TPSA) is 44.0 Å². The number of aryl methyl sites for hydroxylation is 2. The van der Waals surface area contributed by atoms with Crippen LogP contribution in [0.1, 0.15) is 5.56 Å². The fourth-order valence-electron chi connectivity index (χ4n) is 0.989. The van der Waals surface area contributed by atoms with Crippen LogP contribution < -0.4 is 11.2 Å². The molecule has 1 aromatic rings. The molecule has 0 fully saturated rings. The van der Waals surface area contributed by atoms with Crippen molar-refractivity contribution in [1.29, 1.82) is 0 Å². The molecule has 0 aliphatic rings. The quantitative estimate of drug-likeness (QED) is 0.414. The molecule has 0 amide bonds. The van der Waals surface area contributed by atoms with Gasteiger partial charge in [-0.1, -0.05) is 0 Å². The number of nitrogens with zero attached hydrogens (tertiary/aromatic N) is 2. The fourth-order valence-corrected chi connectivity index (χ4v) is 0.989. The molecule has 1 heterocycles. The van der Waals surface area contributed by atoms with Crippen LogP contribution >= 0.6 is 0 Å². The maximum Gasteiger partial charge on any atom is 0.317 e. The van der Waals surface area contributed by atoms with Crippen LogP contribution in [0.2, 0.25) is 0 Å². The summed E-state index contributed by atoms with van der Waals surface area (Å²) in [7, 11) is 3.09. The van der Waals surface area contributed by atoms with Gasteiger partial charge in [0.25, 0.3) is 0 Å². The summed E-state index contributed by atoms with van der Waals surface area (Å²) in [6.07, 6.45) is 1.53. The van der Waals surface area contributed by atoms with Crippen LogP contribution in [0.15, 0.2) is 15.8 Å². The van der Waals surface area contributed by atoms with Crippen LogP contribution in [0.3, 0.4) is 0 Å². The van der Waals surface area contributed by atoms with Crippen LogP contribution in [0.25, 0.3) is 0 Å². The summed E-state index contributed by atoms with van der Waals surface area (Å²) in [6, 6.07) is 0. The first-order chi connectivity index (χ1) is 5.04. The maximum absolute atomic E-state index is 11.1. The molecule has 0 aliphatic carbocycles. The molecule has 5 heteroatoms. The molecule has 0 unspecified atom stereocenters. The predicted octanol–water partition coefficient (Wildman–Crippen LogP) is -1.75. The Balaban J connectivity index is 3.74. The molecule has 0 atom stereocenters. The van der Waals surface area contributed by atoms with E-state index in [0.717, 1.165) is 4.48 Å². The summed E-state index contributed by atoms with van der Waals surface area (Å²) >= 11 is 0. The Morgan fingerprint density at radius 2 is 2.00 bits per heavy atom. The Morgan fingerprint density at radius 1 is 1.45 bits per heavy atom. The standard InChI is InChI=1S/C6H9BN2O2/c1-4-3-8(2)6(11)9(7)5(4)10/h3H,7H2,1-2H3. The molecule has 1 aromatic heterocycles. The minimum absolute atomic E-state index is 0.229. The van der Waals surface area contributed by atoms with Gasteiger partial charge in [-0.05, 0) is 6.92 Å². The van der Waals surface area contributed by atoms with Gasteiger partial charge in [-0.3, -0.25) is 4.79 Å². The fraction of sp³-hybridized carbons (Fsp3) is 0.333. The minimum Gasteiger partial charge on any atom is -0.315 e. The molecule has 58 valence electrons. The van der Waals surface area contributed by atoms with Crippen molar-refractivity contribution < 1.29 is 0 Å². The van der Waals surface area contributed by atoms with Crippen LogP contribution in [0.4, 0.5) is 0 Å². The number of hydrogen-bond acceptors (Lipinski definition) is 2. The number of rotatable bonds is 0. The summed E-state index contributed by atoms with van der Waals surface area (Å²) < 4.78 is 2.48. The van der Waals surface area contributed by atoms with Gasteiger partial charge in [0.05, 0.1) is 0 Å². The van der Waals surface area contributed by atoms with Crippen LogP contribution in [-0.2, 0) is 7.05 Å². The SMILES string of the molecule is Bn1c(=O)c(C)cn(C)c1=O. The molecule has 11 heavy (non-hydrogen) atoms. The lowest BCUT2D eigenvalue weighted by atomic mass is 10.3. The average molecular weight is 152 g/mol. The van der Waals surface area contributed by atoms with Crippen LogP contribution in [0.5, 0.6) is 0 Å². The second-order valence-electron chi connectivity index (χ2n) is 2.57. The second-order valence-corrected chi connectivity index (χ2v) is 2.57. The number of aromatic nitrogens is 2. The highest BCUT2D eigenvalue weighted by atomic mass is 16.2. The first-order valence-corrected chi connectivity index (χ1v) is 3.27. The third kappa shape index (κ3) is 1.13. The summed E-state index contributed by atoms with van der Waals surface area (Å²) in [5, 5.41) is 0. The lowest BCUT2D eigenvalue weighted by Gasteiger charge is -2.01. The second kappa shape index (κ2) is 2.41. The van der Waals surface area contributed by atoms with Crippen molar-refractivity contribution in [3.05, 3.63) is 32.6 Å². The van der Waals surface area contributed by atoms with Gasteiger partial charge in [-0.15, -0.1) is 0 Å². The van der Waals surface area contributed by atoms with Crippen molar-refractivity contribution in [1.82, 2.24) is 9.05 Å². The molecular formula is C6H9BN2O2. The maximum atomic E-state index is 11.1. The Morgan fingerprint density at radius 3 is 2.55 bits per heavy atom. The summed E-state index contributed by atoms with van der Waals surface area (Å²) in [5.41, 5.74) is 0.0586. The van der Waals surface area contributed by atoms with E-state index in [9.17, 15) is 9.59 Å². The lowest BCUT2D eigenvalue weighted by Crippen LogP contribution is -2.38.